The smallest absolute Gasteiger partial charge is 0.266 e. The maximum Gasteiger partial charge on any atom is 0.266 e. The molecule has 5 rings (SSSR count). The van der Waals surface area contributed by atoms with Crippen molar-refractivity contribution >= 4 is 46.3 Å². The van der Waals surface area contributed by atoms with Gasteiger partial charge in [0, 0.05) is 42.7 Å². The van der Waals surface area contributed by atoms with Crippen molar-refractivity contribution in [2.24, 2.45) is 0 Å². The van der Waals surface area contributed by atoms with E-state index in [2.05, 4.69) is 20.9 Å². The number of hydrogen-bond donors (Lipinski definition) is 4. The number of aromatic amines is 1. The Hall–Kier alpha value is -5.50. The van der Waals surface area contributed by atoms with Crippen LogP contribution in [0.1, 0.15) is 39.1 Å². The molecule has 2 aromatic carbocycles. The largest absolute Gasteiger partial charge is 0.499 e. The van der Waals surface area contributed by atoms with Gasteiger partial charge >= 0.3 is 0 Å². The van der Waals surface area contributed by atoms with Crippen LogP contribution in [-0.2, 0) is 35.1 Å². The van der Waals surface area contributed by atoms with Crippen LogP contribution in [-0.4, -0.2) is 90.9 Å². The first-order valence-corrected chi connectivity index (χ1v) is 14.8. The molecule has 2 aliphatic heterocycles. The van der Waals surface area contributed by atoms with E-state index < -0.39 is 42.2 Å². The first-order chi connectivity index (χ1) is 22.3. The minimum Gasteiger partial charge on any atom is -0.499 e. The monoisotopic (exact) mass is 631 g/mol. The van der Waals surface area contributed by atoms with E-state index in [9.17, 15) is 28.8 Å². The number of hydrogen-bond acceptors (Lipinski definition) is 9. The van der Waals surface area contributed by atoms with Gasteiger partial charge in [-0.15, -0.1) is 0 Å². The molecule has 1 aromatic heterocycles. The molecule has 0 bridgehead atoms. The number of carbonyl (C=O) groups is 6. The highest BCUT2D eigenvalue weighted by Crippen LogP contribution is 2.33. The van der Waals surface area contributed by atoms with Crippen molar-refractivity contribution in [2.45, 2.75) is 25.3 Å². The summed E-state index contributed by atoms with van der Waals surface area (Å²) < 4.78 is 16.2. The van der Waals surface area contributed by atoms with Crippen LogP contribution in [0.2, 0.25) is 0 Å². The predicted molar refractivity (Wildman–Crippen MR) is 163 cm³/mol. The summed E-state index contributed by atoms with van der Waals surface area (Å²) in [5.41, 5.74) is 2.21. The summed E-state index contributed by atoms with van der Waals surface area (Å²) in [6, 6.07) is 11.3. The lowest BCUT2D eigenvalue weighted by Crippen LogP contribution is -2.54. The summed E-state index contributed by atoms with van der Waals surface area (Å²) in [5, 5.41) is 8.71. The fraction of sp³-hybridized carbons (Fsp3) is 0.312. The van der Waals surface area contributed by atoms with Gasteiger partial charge < -0.3 is 29.8 Å². The highest BCUT2D eigenvalue weighted by atomic mass is 16.5. The average Bonchev–Trinajstić information content (AvgIpc) is 3.57. The predicted octanol–water partition coefficient (Wildman–Crippen LogP) is 0.970. The molecule has 240 valence electrons. The van der Waals surface area contributed by atoms with E-state index in [1.54, 1.807) is 0 Å². The summed E-state index contributed by atoms with van der Waals surface area (Å²) >= 11 is 0. The van der Waals surface area contributed by atoms with E-state index in [1.807, 2.05) is 30.5 Å². The maximum absolute atomic E-state index is 13.1. The van der Waals surface area contributed by atoms with Crippen LogP contribution >= 0.6 is 0 Å². The molecule has 6 amide bonds. The molecule has 46 heavy (non-hydrogen) atoms. The van der Waals surface area contributed by atoms with Gasteiger partial charge in [0.05, 0.1) is 30.6 Å². The van der Waals surface area contributed by atoms with Crippen LogP contribution in [0.4, 0.5) is 0 Å². The van der Waals surface area contributed by atoms with Gasteiger partial charge in [-0.25, -0.2) is 0 Å². The van der Waals surface area contributed by atoms with Crippen molar-refractivity contribution < 1.29 is 43.0 Å². The molecule has 2 aliphatic rings. The van der Waals surface area contributed by atoms with Crippen LogP contribution in [0.15, 0.2) is 61.0 Å². The third kappa shape index (κ3) is 7.58. The minimum atomic E-state index is -1.10. The van der Waals surface area contributed by atoms with Gasteiger partial charge in [-0.3, -0.25) is 39.0 Å². The number of benzene rings is 2. The fourth-order valence-electron chi connectivity index (χ4n) is 5.17. The van der Waals surface area contributed by atoms with Crippen molar-refractivity contribution in [3.05, 3.63) is 77.7 Å². The first-order valence-electron chi connectivity index (χ1n) is 14.8. The Morgan fingerprint density at radius 2 is 1.80 bits per heavy atom. The average molecular weight is 632 g/mol. The second-order valence-corrected chi connectivity index (χ2v) is 10.5. The number of nitrogens with one attached hydrogen (secondary N) is 4. The van der Waals surface area contributed by atoms with Crippen LogP contribution in [0, 0.1) is 0 Å². The quantitative estimate of drug-likeness (QED) is 0.0821. The van der Waals surface area contributed by atoms with Crippen LogP contribution in [0.3, 0.4) is 0 Å². The van der Waals surface area contributed by atoms with Gasteiger partial charge in [0.2, 0.25) is 17.7 Å². The minimum absolute atomic E-state index is 0.00791. The van der Waals surface area contributed by atoms with Crippen molar-refractivity contribution in [1.29, 1.82) is 0 Å². The lowest BCUT2D eigenvalue weighted by Gasteiger charge is -2.27. The Kier molecular flexibility index (Phi) is 10.4. The number of H-pyrrole nitrogens is 1. The molecule has 14 heteroatoms. The zero-order valence-electron chi connectivity index (χ0n) is 24.8. The van der Waals surface area contributed by atoms with Gasteiger partial charge in [-0.05, 0) is 36.6 Å². The molecule has 4 N–H and O–H groups in total. The molecule has 3 aromatic rings. The van der Waals surface area contributed by atoms with Gasteiger partial charge in [0.1, 0.15) is 18.4 Å². The lowest BCUT2D eigenvalue weighted by molar-refractivity contribution is -0.136. The number of amides is 6. The summed E-state index contributed by atoms with van der Waals surface area (Å²) in [6.07, 6.45) is 5.28. The zero-order valence-corrected chi connectivity index (χ0v) is 24.8. The van der Waals surface area contributed by atoms with Crippen LogP contribution in [0.25, 0.3) is 10.9 Å². The summed E-state index contributed by atoms with van der Waals surface area (Å²) in [4.78, 5) is 78.0. The molecular formula is C32H33N5O9. The third-order valence-corrected chi connectivity index (χ3v) is 7.39. The molecule has 14 nitrogen and oxygen atoms in total. The van der Waals surface area contributed by atoms with Gasteiger partial charge in [0.15, 0.2) is 6.61 Å². The molecule has 0 saturated carbocycles. The van der Waals surface area contributed by atoms with Crippen molar-refractivity contribution in [3.63, 3.8) is 0 Å². The Labute approximate surface area is 263 Å². The Balaban J connectivity index is 0.938. The molecule has 1 saturated heterocycles. The normalized spacial score (nSPS) is 16.1. The van der Waals surface area contributed by atoms with E-state index >= 15 is 0 Å². The standard InChI is InChI=1S/C32H33N5O9/c38-26(33-12-10-20-18-35-23-6-2-1-4-21(20)23)11-14-44-16-17-45-15-13-34-28(40)19-46-25-7-3-5-22-29(25)32(43)37(31(22)42)24-8-9-27(39)36-30(24)41/h1-7,11,14,18,24,35H,8-10,12-13,15-17,19H2,(H,33,38)(H,34,40)(H,36,39,41). The van der Waals surface area contributed by atoms with E-state index in [0.29, 0.717) is 13.0 Å². The Bertz CT molecular complexity index is 1680. The second-order valence-electron chi connectivity index (χ2n) is 10.5. The topological polar surface area (TPSA) is 185 Å². The number of rotatable bonds is 15. The first kappa shape index (κ1) is 31.9. The van der Waals surface area contributed by atoms with Crippen molar-refractivity contribution in [1.82, 2.24) is 25.8 Å². The summed E-state index contributed by atoms with van der Waals surface area (Å²) in [5.74, 6) is -3.28. The second kappa shape index (κ2) is 15.0. The number of carbonyl (C=O) groups excluding carboxylic acids is 6. The number of nitrogens with zero attached hydrogens (tertiary/aromatic N) is 1. The molecule has 0 spiro atoms. The summed E-state index contributed by atoms with van der Waals surface area (Å²) in [6.45, 7) is 0.881. The number of para-hydroxylation sites is 1. The fourth-order valence-corrected chi connectivity index (χ4v) is 5.17. The van der Waals surface area contributed by atoms with Crippen molar-refractivity contribution in [2.75, 3.05) is 39.5 Å². The van der Waals surface area contributed by atoms with Gasteiger partial charge in [0.25, 0.3) is 17.7 Å². The lowest BCUT2D eigenvalue weighted by atomic mass is 10.0. The van der Waals surface area contributed by atoms with E-state index in [1.165, 1.54) is 30.5 Å². The molecule has 0 aliphatic carbocycles. The molecule has 3 heterocycles. The zero-order chi connectivity index (χ0) is 32.5. The van der Waals surface area contributed by atoms with Crippen LogP contribution in [0.5, 0.6) is 5.75 Å². The Morgan fingerprint density at radius 3 is 2.65 bits per heavy atom. The van der Waals surface area contributed by atoms with E-state index in [0.717, 1.165) is 21.4 Å². The van der Waals surface area contributed by atoms with E-state index in [4.69, 9.17) is 14.2 Å². The van der Waals surface area contributed by atoms with Crippen LogP contribution < -0.4 is 20.7 Å². The molecular weight excluding hydrogens is 598 g/mol. The number of imide groups is 2. The summed E-state index contributed by atoms with van der Waals surface area (Å²) in [7, 11) is 0. The van der Waals surface area contributed by atoms with Crippen molar-refractivity contribution in [3.8, 4) is 5.75 Å². The molecule has 0 radical (unpaired) electrons. The maximum atomic E-state index is 13.1. The van der Waals surface area contributed by atoms with E-state index in [-0.39, 0.29) is 62.0 Å². The molecule has 1 atom stereocenters. The number of aromatic nitrogens is 1. The number of piperidine rings is 1. The highest BCUT2D eigenvalue weighted by molar-refractivity contribution is 6.24. The Morgan fingerprint density at radius 1 is 0.957 bits per heavy atom. The highest BCUT2D eigenvalue weighted by Gasteiger charge is 2.46. The van der Waals surface area contributed by atoms with Gasteiger partial charge in [-0.1, -0.05) is 24.3 Å². The molecule has 1 unspecified atom stereocenters. The van der Waals surface area contributed by atoms with Gasteiger partial charge in [-0.2, -0.15) is 0 Å². The third-order valence-electron chi connectivity index (χ3n) is 7.39. The SMILES string of the molecule is O=C(C=COCCOCCNC(=O)COc1cccc2c1C(=O)N(C1CCC(=O)NC1=O)C2=O)NCCc1c[nH]c2ccccc12. The number of fused-ring (bicyclic) bond motifs is 2. The molecule has 1 fully saturated rings. The number of ether oxygens (including phenoxy) is 3.